The van der Waals surface area contributed by atoms with Crippen LogP contribution in [0.3, 0.4) is 0 Å². The largest absolute Gasteiger partial charge is 0.341 e. The van der Waals surface area contributed by atoms with Gasteiger partial charge in [-0.1, -0.05) is 37.1 Å². The Labute approximate surface area is 108 Å². The minimum absolute atomic E-state index is 0.00527. The highest BCUT2D eigenvalue weighted by Crippen LogP contribution is 2.16. The molecule has 0 aliphatic carbocycles. The molecule has 18 heavy (non-hydrogen) atoms. The molecule has 1 aliphatic rings. The van der Waals surface area contributed by atoms with Crippen LogP contribution < -0.4 is 10.6 Å². The molecule has 2 rings (SSSR count). The molecule has 3 heteroatoms. The highest BCUT2D eigenvalue weighted by Gasteiger charge is 2.24. The first-order valence-electron chi connectivity index (χ1n) is 6.31. The van der Waals surface area contributed by atoms with Crippen LogP contribution in [0.25, 0.3) is 0 Å². The topological polar surface area (TPSA) is 41.1 Å². The Morgan fingerprint density at radius 3 is 2.94 bits per heavy atom. The second kappa shape index (κ2) is 5.70. The lowest BCUT2D eigenvalue weighted by molar-refractivity contribution is -0.123. The number of terminal acetylenes is 1. The minimum atomic E-state index is -0.178. The number of nitrogens with one attached hydrogen (secondary N) is 2. The van der Waals surface area contributed by atoms with Gasteiger partial charge in [0.1, 0.15) is 0 Å². The normalized spacial score (nSPS) is 19.4. The lowest BCUT2D eigenvalue weighted by atomic mass is 9.95. The third-order valence-corrected chi connectivity index (χ3v) is 3.32. The van der Waals surface area contributed by atoms with Crippen molar-refractivity contribution in [3.8, 4) is 12.3 Å². The van der Waals surface area contributed by atoms with Gasteiger partial charge in [-0.2, -0.15) is 0 Å². The van der Waals surface area contributed by atoms with Gasteiger partial charge in [-0.25, -0.2) is 0 Å². The van der Waals surface area contributed by atoms with Crippen LogP contribution in [0, 0.1) is 12.3 Å². The highest BCUT2D eigenvalue weighted by atomic mass is 16.2. The summed E-state index contributed by atoms with van der Waals surface area (Å²) in [6, 6.07) is 7.85. The van der Waals surface area contributed by atoms with Gasteiger partial charge in [0.25, 0.3) is 0 Å². The van der Waals surface area contributed by atoms with Crippen LogP contribution in [0.4, 0.5) is 0 Å². The number of amides is 1. The zero-order valence-electron chi connectivity index (χ0n) is 10.6. The Balaban J connectivity index is 2.01. The average molecular weight is 242 g/mol. The maximum Gasteiger partial charge on any atom is 0.238 e. The standard InChI is InChI=1S/C15H18N2O/c1-3-13(4-2)17-15(18)14-9-11-7-5-6-8-12(11)10-16-14/h1,5-8,13-14,16H,4,9-10H2,2H3,(H,17,18)/t13?,14-/m1/s1. The van der Waals surface area contributed by atoms with Gasteiger partial charge in [0.2, 0.25) is 5.91 Å². The number of rotatable bonds is 3. The van der Waals surface area contributed by atoms with Crippen LogP contribution in [0.1, 0.15) is 24.5 Å². The number of benzene rings is 1. The smallest absolute Gasteiger partial charge is 0.238 e. The molecule has 0 radical (unpaired) electrons. The van der Waals surface area contributed by atoms with Crippen molar-refractivity contribution in [2.75, 3.05) is 0 Å². The Bertz CT molecular complexity index is 476. The van der Waals surface area contributed by atoms with E-state index in [9.17, 15) is 4.79 Å². The molecule has 0 fully saturated rings. The minimum Gasteiger partial charge on any atom is -0.341 e. The zero-order chi connectivity index (χ0) is 13.0. The number of hydrogen-bond acceptors (Lipinski definition) is 2. The molecule has 1 heterocycles. The van der Waals surface area contributed by atoms with E-state index in [0.29, 0.717) is 0 Å². The molecule has 0 saturated carbocycles. The maximum atomic E-state index is 12.1. The van der Waals surface area contributed by atoms with Crippen LogP contribution in [-0.2, 0) is 17.8 Å². The van der Waals surface area contributed by atoms with E-state index >= 15 is 0 Å². The van der Waals surface area contributed by atoms with Gasteiger partial charge in [0.05, 0.1) is 12.1 Å². The summed E-state index contributed by atoms with van der Waals surface area (Å²) in [5, 5.41) is 6.13. The molecule has 2 N–H and O–H groups in total. The Hall–Kier alpha value is -1.79. The van der Waals surface area contributed by atoms with Crippen molar-refractivity contribution >= 4 is 5.91 Å². The van der Waals surface area contributed by atoms with Crippen LogP contribution >= 0.6 is 0 Å². The Morgan fingerprint density at radius 2 is 2.28 bits per heavy atom. The summed E-state index contributed by atoms with van der Waals surface area (Å²) in [5.74, 6) is 2.58. The zero-order valence-corrected chi connectivity index (χ0v) is 10.6. The molecule has 2 atom stereocenters. The number of hydrogen-bond donors (Lipinski definition) is 2. The Morgan fingerprint density at radius 1 is 1.56 bits per heavy atom. The summed E-state index contributed by atoms with van der Waals surface area (Å²) in [6.07, 6.45) is 6.83. The van der Waals surface area contributed by atoms with Gasteiger partial charge < -0.3 is 10.6 Å². The quantitative estimate of drug-likeness (QED) is 0.783. The average Bonchev–Trinajstić information content (AvgIpc) is 2.44. The monoisotopic (exact) mass is 242 g/mol. The van der Waals surface area contributed by atoms with E-state index in [1.54, 1.807) is 0 Å². The van der Waals surface area contributed by atoms with Crippen molar-refractivity contribution in [3.63, 3.8) is 0 Å². The first-order valence-corrected chi connectivity index (χ1v) is 6.31. The molecular weight excluding hydrogens is 224 g/mol. The first kappa shape index (κ1) is 12.7. The van der Waals surface area contributed by atoms with E-state index in [2.05, 4.69) is 28.7 Å². The summed E-state index contributed by atoms with van der Waals surface area (Å²) in [4.78, 5) is 12.1. The number of fused-ring (bicyclic) bond motifs is 1. The van der Waals surface area contributed by atoms with Crippen molar-refractivity contribution < 1.29 is 4.79 Å². The van der Waals surface area contributed by atoms with Gasteiger partial charge in [-0.05, 0) is 24.0 Å². The molecule has 0 aromatic heterocycles. The van der Waals surface area contributed by atoms with E-state index < -0.39 is 0 Å². The van der Waals surface area contributed by atoms with Gasteiger partial charge in [-0.15, -0.1) is 6.42 Å². The summed E-state index contributed by atoms with van der Waals surface area (Å²) < 4.78 is 0. The predicted molar refractivity (Wildman–Crippen MR) is 71.8 cm³/mol. The summed E-state index contributed by atoms with van der Waals surface area (Å²) in [7, 11) is 0. The molecule has 1 aliphatic heterocycles. The highest BCUT2D eigenvalue weighted by molar-refractivity contribution is 5.83. The third-order valence-electron chi connectivity index (χ3n) is 3.32. The lowest BCUT2D eigenvalue weighted by Crippen LogP contribution is -2.50. The summed E-state index contributed by atoms with van der Waals surface area (Å²) >= 11 is 0. The molecule has 94 valence electrons. The van der Waals surface area contributed by atoms with Gasteiger partial charge in [0, 0.05) is 6.54 Å². The molecule has 1 unspecified atom stereocenters. The molecule has 1 amide bonds. The van der Waals surface area contributed by atoms with Crippen molar-refractivity contribution in [2.45, 2.75) is 38.4 Å². The molecule has 0 bridgehead atoms. The molecular formula is C15H18N2O. The fraction of sp³-hybridized carbons (Fsp3) is 0.400. The van der Waals surface area contributed by atoms with Crippen molar-refractivity contribution in [3.05, 3.63) is 35.4 Å². The molecule has 1 aromatic rings. The second-order valence-electron chi connectivity index (χ2n) is 4.54. The maximum absolute atomic E-state index is 12.1. The van der Waals surface area contributed by atoms with Crippen LogP contribution in [0.2, 0.25) is 0 Å². The first-order chi connectivity index (χ1) is 8.74. The van der Waals surface area contributed by atoms with E-state index in [1.165, 1.54) is 11.1 Å². The van der Waals surface area contributed by atoms with Crippen LogP contribution in [0.5, 0.6) is 0 Å². The van der Waals surface area contributed by atoms with E-state index in [1.807, 2.05) is 19.1 Å². The summed E-state index contributed by atoms with van der Waals surface area (Å²) in [5.41, 5.74) is 2.51. The molecule has 3 nitrogen and oxygen atoms in total. The fourth-order valence-electron chi connectivity index (χ4n) is 2.17. The Kier molecular flexibility index (Phi) is 4.01. The van der Waals surface area contributed by atoms with Crippen molar-refractivity contribution in [1.82, 2.24) is 10.6 Å². The summed E-state index contributed by atoms with van der Waals surface area (Å²) in [6.45, 7) is 2.70. The third kappa shape index (κ3) is 2.72. The second-order valence-corrected chi connectivity index (χ2v) is 4.54. The SMILES string of the molecule is C#CC(CC)NC(=O)[C@H]1Cc2ccccc2CN1. The van der Waals surface area contributed by atoms with Crippen LogP contribution in [0.15, 0.2) is 24.3 Å². The number of carbonyl (C=O) groups is 1. The van der Waals surface area contributed by atoms with Gasteiger partial charge in [-0.3, -0.25) is 4.79 Å². The molecule has 0 saturated heterocycles. The van der Waals surface area contributed by atoms with E-state index in [0.717, 1.165) is 19.4 Å². The lowest BCUT2D eigenvalue weighted by Gasteiger charge is -2.26. The van der Waals surface area contributed by atoms with E-state index in [4.69, 9.17) is 6.42 Å². The van der Waals surface area contributed by atoms with Gasteiger partial charge >= 0.3 is 0 Å². The van der Waals surface area contributed by atoms with Crippen molar-refractivity contribution in [2.24, 2.45) is 0 Å². The molecule has 0 spiro atoms. The van der Waals surface area contributed by atoms with Crippen LogP contribution in [-0.4, -0.2) is 18.0 Å². The van der Waals surface area contributed by atoms with Crippen molar-refractivity contribution in [1.29, 1.82) is 0 Å². The van der Waals surface area contributed by atoms with E-state index in [-0.39, 0.29) is 18.0 Å². The number of carbonyl (C=O) groups excluding carboxylic acids is 1. The predicted octanol–water partition coefficient (Wildman–Crippen LogP) is 1.23. The molecule has 1 aromatic carbocycles. The fourth-order valence-corrected chi connectivity index (χ4v) is 2.17. The van der Waals surface area contributed by atoms with Gasteiger partial charge in [0.15, 0.2) is 0 Å².